The molecule has 1 saturated carbocycles. The van der Waals surface area contributed by atoms with Crippen LogP contribution in [-0.4, -0.2) is 104 Å². The van der Waals surface area contributed by atoms with E-state index in [4.69, 9.17) is 35.5 Å². The van der Waals surface area contributed by atoms with E-state index in [9.17, 15) is 14.7 Å². The lowest BCUT2D eigenvalue weighted by molar-refractivity contribution is -0.144. The second-order valence-electron chi connectivity index (χ2n) is 21.4. The van der Waals surface area contributed by atoms with Crippen molar-refractivity contribution < 1.29 is 33.6 Å². The number of aliphatic carboxylic acids is 1. The Morgan fingerprint density at radius 2 is 1.78 bits per heavy atom. The number of carbonyl (C=O) groups excluding carboxylic acids is 1. The number of aryl methyl sites for hydroxylation is 1. The smallest absolute Gasteiger partial charge is 0.329 e. The Kier molecular flexibility index (Phi) is 15.4. The molecule has 3 fully saturated rings. The largest absolute Gasteiger partial charge is 0.494 e. The fourth-order valence-electron chi connectivity index (χ4n) is 12.5. The van der Waals surface area contributed by atoms with E-state index in [0.717, 1.165) is 113 Å². The average molecular weight is 962 g/mol. The molecule has 4 aromatic rings. The predicted octanol–water partition coefficient (Wildman–Crippen LogP) is 10.6. The predicted molar refractivity (Wildman–Crippen MR) is 271 cm³/mol. The third kappa shape index (κ3) is 11.4. The summed E-state index contributed by atoms with van der Waals surface area (Å²) in [4.78, 5) is 35.4. The Morgan fingerprint density at radius 3 is 2.58 bits per heavy atom. The van der Waals surface area contributed by atoms with Crippen molar-refractivity contribution in [1.29, 1.82) is 0 Å². The molecule has 3 atom stereocenters. The molecule has 0 radical (unpaired) electrons. The SMILES string of the molecule is C[C@@H](COc1ccnc2c1[C@H](C)CCC2)CC1Cc2ccc(OCCCC(=O)N(C)CCc3cccc(OCCN4CC5(CCCOC5)C4)c3)cc2C12CCC(Nc1cccc(Cl)c1)(C(=O)O)CC2. The van der Waals surface area contributed by atoms with Crippen LogP contribution in [0.25, 0.3) is 0 Å². The quantitative estimate of drug-likeness (QED) is 0.0828. The van der Waals surface area contributed by atoms with E-state index >= 15 is 0 Å². The Hall–Kier alpha value is -4.84. The van der Waals surface area contributed by atoms with Crippen LogP contribution < -0.4 is 19.5 Å². The first-order valence-electron chi connectivity index (χ1n) is 25.8. The van der Waals surface area contributed by atoms with Gasteiger partial charge < -0.3 is 34.3 Å². The molecule has 370 valence electrons. The highest BCUT2D eigenvalue weighted by molar-refractivity contribution is 6.30. The number of hydrogen-bond donors (Lipinski definition) is 2. The fourth-order valence-corrected chi connectivity index (χ4v) is 12.7. The summed E-state index contributed by atoms with van der Waals surface area (Å²) >= 11 is 6.34. The lowest BCUT2D eigenvalue weighted by Crippen LogP contribution is -2.60. The lowest BCUT2D eigenvalue weighted by atomic mass is 9.59. The van der Waals surface area contributed by atoms with Crippen molar-refractivity contribution in [1.82, 2.24) is 14.8 Å². The summed E-state index contributed by atoms with van der Waals surface area (Å²) in [6.45, 7) is 11.8. The van der Waals surface area contributed by atoms with Crippen LogP contribution in [-0.2, 0) is 39.0 Å². The van der Waals surface area contributed by atoms with Gasteiger partial charge in [0.2, 0.25) is 5.91 Å². The first-order valence-corrected chi connectivity index (χ1v) is 26.2. The Balaban J connectivity index is 0.789. The molecule has 3 heterocycles. The van der Waals surface area contributed by atoms with Gasteiger partial charge in [0.15, 0.2) is 0 Å². The molecule has 5 aliphatic rings. The number of hydrogen-bond acceptors (Lipinski definition) is 9. The number of ether oxygens (including phenoxy) is 4. The maximum absolute atomic E-state index is 13.3. The molecule has 1 aromatic heterocycles. The fraction of sp³-hybridized carbons (Fsp3) is 0.561. The van der Waals surface area contributed by atoms with Crippen molar-refractivity contribution in [3.05, 3.63) is 112 Å². The number of nitrogens with zero attached hydrogens (tertiary/aromatic N) is 3. The molecule has 3 aliphatic carbocycles. The van der Waals surface area contributed by atoms with Crippen LogP contribution in [0.5, 0.6) is 17.2 Å². The number of carbonyl (C=O) groups is 2. The molecule has 9 rings (SSSR count). The van der Waals surface area contributed by atoms with Gasteiger partial charge in [0.05, 0.1) is 19.8 Å². The summed E-state index contributed by atoms with van der Waals surface area (Å²) in [5.41, 5.74) is 5.96. The zero-order chi connectivity index (χ0) is 48.0. The normalized spacial score (nSPS) is 24.2. The molecular formula is C57H73ClN4O7. The van der Waals surface area contributed by atoms with Crippen LogP contribution in [0, 0.1) is 17.3 Å². The number of amides is 1. The van der Waals surface area contributed by atoms with Gasteiger partial charge in [0.25, 0.3) is 0 Å². The zero-order valence-electron chi connectivity index (χ0n) is 41.1. The second kappa shape index (κ2) is 21.7. The van der Waals surface area contributed by atoms with Gasteiger partial charge >= 0.3 is 5.97 Å². The van der Waals surface area contributed by atoms with Gasteiger partial charge in [-0.05, 0) is 172 Å². The third-order valence-corrected chi connectivity index (χ3v) is 16.6. The summed E-state index contributed by atoms with van der Waals surface area (Å²) in [6.07, 6.45) is 13.7. The molecule has 0 bridgehead atoms. The maximum atomic E-state index is 13.3. The zero-order valence-corrected chi connectivity index (χ0v) is 41.9. The number of carboxylic acid groups (broad SMARTS) is 1. The van der Waals surface area contributed by atoms with Crippen LogP contribution in [0.3, 0.4) is 0 Å². The van der Waals surface area contributed by atoms with Gasteiger partial charge in [-0.3, -0.25) is 14.7 Å². The van der Waals surface area contributed by atoms with E-state index in [1.807, 2.05) is 48.5 Å². The summed E-state index contributed by atoms with van der Waals surface area (Å²) < 4.78 is 24.9. The summed E-state index contributed by atoms with van der Waals surface area (Å²) in [7, 11) is 1.88. The number of fused-ring (bicyclic) bond motifs is 3. The van der Waals surface area contributed by atoms with Crippen molar-refractivity contribution in [2.45, 2.75) is 121 Å². The van der Waals surface area contributed by atoms with Crippen LogP contribution in [0.15, 0.2) is 79.0 Å². The number of benzene rings is 3. The molecule has 2 N–H and O–H groups in total. The minimum atomic E-state index is -1.11. The van der Waals surface area contributed by atoms with E-state index in [-0.39, 0.29) is 17.2 Å². The number of nitrogens with one attached hydrogen (secondary N) is 1. The number of halogens is 1. The molecule has 2 aliphatic heterocycles. The van der Waals surface area contributed by atoms with Crippen molar-refractivity contribution in [3.63, 3.8) is 0 Å². The Bertz CT molecular complexity index is 2410. The Labute approximate surface area is 414 Å². The molecule has 2 saturated heterocycles. The van der Waals surface area contributed by atoms with Crippen molar-refractivity contribution in [2.24, 2.45) is 17.3 Å². The number of carboxylic acids is 1. The third-order valence-electron chi connectivity index (χ3n) is 16.3. The van der Waals surface area contributed by atoms with Gasteiger partial charge in [0.1, 0.15) is 29.4 Å². The van der Waals surface area contributed by atoms with E-state index in [0.29, 0.717) is 74.3 Å². The van der Waals surface area contributed by atoms with Crippen LogP contribution in [0.4, 0.5) is 5.69 Å². The average Bonchev–Trinajstić information content (AvgIpc) is 3.62. The number of aromatic nitrogens is 1. The second-order valence-corrected chi connectivity index (χ2v) is 21.8. The van der Waals surface area contributed by atoms with Gasteiger partial charge in [-0.15, -0.1) is 0 Å². The van der Waals surface area contributed by atoms with Gasteiger partial charge in [0, 0.05) is 79.8 Å². The highest BCUT2D eigenvalue weighted by atomic mass is 35.5. The number of likely N-dealkylation sites (tertiary alicyclic amines) is 1. The van der Waals surface area contributed by atoms with Gasteiger partial charge in [-0.2, -0.15) is 0 Å². The first-order chi connectivity index (χ1) is 33.4. The van der Waals surface area contributed by atoms with Crippen LogP contribution in [0.2, 0.25) is 5.02 Å². The minimum Gasteiger partial charge on any atom is -0.494 e. The van der Waals surface area contributed by atoms with Crippen molar-refractivity contribution in [3.8, 4) is 17.2 Å². The van der Waals surface area contributed by atoms with Crippen molar-refractivity contribution >= 4 is 29.2 Å². The molecule has 1 amide bonds. The minimum absolute atomic E-state index is 0.101. The van der Waals surface area contributed by atoms with E-state index in [2.05, 4.69) is 54.4 Å². The Morgan fingerprint density at radius 1 is 0.971 bits per heavy atom. The molecule has 1 unspecified atom stereocenters. The summed E-state index contributed by atoms with van der Waals surface area (Å²) in [5, 5.41) is 14.8. The summed E-state index contributed by atoms with van der Waals surface area (Å²) in [6, 6.07) is 24.1. The van der Waals surface area contributed by atoms with E-state index in [1.54, 1.807) is 12.1 Å². The van der Waals surface area contributed by atoms with E-state index in [1.165, 1.54) is 35.2 Å². The molecule has 12 heteroatoms. The van der Waals surface area contributed by atoms with Gasteiger partial charge in [-0.1, -0.05) is 49.7 Å². The monoisotopic (exact) mass is 961 g/mol. The van der Waals surface area contributed by atoms with Crippen molar-refractivity contribution in [2.75, 3.05) is 71.6 Å². The summed E-state index contributed by atoms with van der Waals surface area (Å²) in [5.74, 6) is 2.93. The molecule has 3 aromatic carbocycles. The van der Waals surface area contributed by atoms with Crippen LogP contribution >= 0.6 is 11.6 Å². The van der Waals surface area contributed by atoms with E-state index < -0.39 is 11.5 Å². The molecule has 2 spiro atoms. The molecule has 11 nitrogen and oxygen atoms in total. The van der Waals surface area contributed by atoms with Crippen LogP contribution in [0.1, 0.15) is 118 Å². The number of likely N-dealkylation sites (N-methyl/N-ethyl adjacent to an activating group) is 1. The number of rotatable bonds is 20. The topological polar surface area (TPSA) is 123 Å². The highest BCUT2D eigenvalue weighted by Gasteiger charge is 2.54. The highest BCUT2D eigenvalue weighted by Crippen LogP contribution is 2.57. The molecule has 69 heavy (non-hydrogen) atoms. The molecular weight excluding hydrogens is 888 g/mol. The number of anilines is 1. The lowest BCUT2D eigenvalue weighted by Gasteiger charge is -2.52. The van der Waals surface area contributed by atoms with Gasteiger partial charge in [-0.25, -0.2) is 4.79 Å². The first kappa shape index (κ1) is 49.2. The number of pyridine rings is 1. The standard InChI is InChI=1S/C57H73ClN4O7/c1-40(36-69-51-18-25-59-50-14-4-9-41(2)53(50)51)31-44-33-43-16-17-48(35-49(43)56(44)21-23-57(24-22-56,54(64)65)60-46-12-6-11-45(58)34-46)67-29-7-15-52(63)61(3)26-19-42-10-5-13-47(32-42)68-30-27-62-37-55(38-62)20-8-28-66-39-55/h5-6,10-13,16-18,25,32,34-35,40-41,44,60H,4,7-9,14-15,19-24,26-31,33,36-39H2,1-3H3,(H,64,65)/t40-,41-,44?,56?,57?/m1/s1. The maximum Gasteiger partial charge on any atom is 0.329 e.